The molecule has 0 bridgehead atoms. The van der Waals surface area contributed by atoms with Gasteiger partial charge in [-0.3, -0.25) is 10.7 Å². The third-order valence-electron chi connectivity index (χ3n) is 4.13. The average molecular weight is 346 g/mol. The quantitative estimate of drug-likeness (QED) is 0.546. The smallest absolute Gasteiger partial charge is 0.238 e. The molecule has 1 aliphatic carbocycles. The number of primary sulfonamides is 1. The molecule has 1 unspecified atom stereocenters. The maximum Gasteiger partial charge on any atom is 0.238 e. The zero-order valence-corrected chi connectivity index (χ0v) is 13.6. The Morgan fingerprint density at radius 1 is 1.12 bits per heavy atom. The molecule has 1 aromatic heterocycles. The SMILES string of the molecule is NC1(c2ccc(S(N)(=O)=O)cc2)NC(=NC2CC2)c2[nH]ccc2N1. The first-order valence-electron chi connectivity index (χ1n) is 7.59. The Balaban J connectivity index is 1.72. The second kappa shape index (κ2) is 5.07. The predicted octanol–water partition coefficient (Wildman–Crippen LogP) is 0.355. The van der Waals surface area contributed by atoms with Crippen molar-refractivity contribution in [3.8, 4) is 0 Å². The van der Waals surface area contributed by atoms with Crippen LogP contribution in [0.15, 0.2) is 46.4 Å². The number of nitrogens with zero attached hydrogens (tertiary/aromatic N) is 1. The molecule has 126 valence electrons. The van der Waals surface area contributed by atoms with E-state index < -0.39 is 15.8 Å². The highest BCUT2D eigenvalue weighted by Gasteiger charge is 2.36. The van der Waals surface area contributed by atoms with Crippen molar-refractivity contribution in [1.82, 2.24) is 10.3 Å². The van der Waals surface area contributed by atoms with Crippen LogP contribution in [0.3, 0.4) is 0 Å². The number of hydrogen-bond acceptors (Lipinski definition) is 5. The Labute approximate surface area is 139 Å². The molecule has 2 heterocycles. The molecule has 1 saturated carbocycles. The van der Waals surface area contributed by atoms with E-state index in [1.807, 2.05) is 12.3 Å². The van der Waals surface area contributed by atoms with Crippen LogP contribution in [0, 0.1) is 0 Å². The summed E-state index contributed by atoms with van der Waals surface area (Å²) in [5, 5.41) is 11.6. The van der Waals surface area contributed by atoms with E-state index in [4.69, 9.17) is 10.9 Å². The van der Waals surface area contributed by atoms with Gasteiger partial charge in [0.2, 0.25) is 10.0 Å². The molecular formula is C15H18N6O2S. The zero-order chi connectivity index (χ0) is 16.9. The van der Waals surface area contributed by atoms with Gasteiger partial charge in [0.15, 0.2) is 11.6 Å². The molecule has 7 N–H and O–H groups in total. The fraction of sp³-hybridized carbons (Fsp3) is 0.267. The van der Waals surface area contributed by atoms with Crippen LogP contribution in [-0.2, 0) is 15.8 Å². The van der Waals surface area contributed by atoms with Gasteiger partial charge < -0.3 is 15.6 Å². The van der Waals surface area contributed by atoms with Gasteiger partial charge in [0.25, 0.3) is 0 Å². The molecule has 0 saturated heterocycles. The van der Waals surface area contributed by atoms with E-state index in [1.54, 1.807) is 12.1 Å². The fourth-order valence-corrected chi connectivity index (χ4v) is 3.21. The number of aromatic amines is 1. The second-order valence-corrected chi connectivity index (χ2v) is 7.66. The van der Waals surface area contributed by atoms with Gasteiger partial charge in [-0.05, 0) is 31.0 Å². The molecule has 0 radical (unpaired) electrons. The molecule has 2 aliphatic rings. The zero-order valence-electron chi connectivity index (χ0n) is 12.8. The third kappa shape index (κ3) is 2.66. The molecule has 4 rings (SSSR count). The number of fused-ring (bicyclic) bond motifs is 1. The van der Waals surface area contributed by atoms with Crippen LogP contribution in [0.4, 0.5) is 5.69 Å². The van der Waals surface area contributed by atoms with E-state index in [1.165, 1.54) is 12.1 Å². The Hall–Kier alpha value is -2.36. The number of aliphatic imine (C=N–C) groups is 1. The number of aromatic nitrogens is 1. The standard InChI is InChI=1S/C15H18N6O2S/c16-15(9-1-5-11(6-2-9)24(17,22)23)20-12-7-8-18-13(12)14(21-15)19-10-3-4-10/h1-2,5-8,10,18,20H,3-4,16H2,(H,19,21)(H2,17,22,23). The number of sulfonamides is 1. The van der Waals surface area contributed by atoms with Gasteiger partial charge in [0.1, 0.15) is 5.69 Å². The van der Waals surface area contributed by atoms with E-state index in [-0.39, 0.29) is 4.90 Å². The van der Waals surface area contributed by atoms with Gasteiger partial charge in [0, 0.05) is 11.8 Å². The van der Waals surface area contributed by atoms with Crippen LogP contribution in [0.2, 0.25) is 0 Å². The van der Waals surface area contributed by atoms with Gasteiger partial charge in [-0.1, -0.05) is 12.1 Å². The Bertz CT molecular complexity index is 914. The first-order valence-corrected chi connectivity index (χ1v) is 9.14. The van der Waals surface area contributed by atoms with E-state index in [0.717, 1.165) is 24.2 Å². The van der Waals surface area contributed by atoms with Crippen molar-refractivity contribution >= 4 is 21.5 Å². The van der Waals surface area contributed by atoms with E-state index in [9.17, 15) is 8.42 Å². The maximum atomic E-state index is 11.4. The van der Waals surface area contributed by atoms with E-state index in [0.29, 0.717) is 17.4 Å². The molecule has 0 amide bonds. The normalized spacial score (nSPS) is 25.0. The summed E-state index contributed by atoms with van der Waals surface area (Å²) in [5.41, 5.74) is 8.88. The minimum absolute atomic E-state index is 0.0415. The van der Waals surface area contributed by atoms with E-state index in [2.05, 4.69) is 20.6 Å². The lowest BCUT2D eigenvalue weighted by atomic mass is 10.0. The van der Waals surface area contributed by atoms with Crippen molar-refractivity contribution in [2.24, 2.45) is 15.9 Å². The van der Waals surface area contributed by atoms with Crippen LogP contribution in [-0.4, -0.2) is 25.3 Å². The molecule has 2 aromatic rings. The Morgan fingerprint density at radius 3 is 2.46 bits per heavy atom. The summed E-state index contributed by atoms with van der Waals surface area (Å²) in [7, 11) is -3.74. The minimum atomic E-state index is -3.74. The summed E-state index contributed by atoms with van der Waals surface area (Å²) < 4.78 is 22.8. The van der Waals surface area contributed by atoms with Gasteiger partial charge in [0.05, 0.1) is 16.6 Å². The molecule has 0 spiro atoms. The van der Waals surface area contributed by atoms with Crippen molar-refractivity contribution in [2.45, 2.75) is 29.6 Å². The maximum absolute atomic E-state index is 11.4. The van der Waals surface area contributed by atoms with Crippen molar-refractivity contribution in [2.75, 3.05) is 5.32 Å². The molecule has 1 aromatic carbocycles. The molecule has 1 atom stereocenters. The number of benzene rings is 1. The van der Waals surface area contributed by atoms with Crippen molar-refractivity contribution in [3.05, 3.63) is 47.8 Å². The monoisotopic (exact) mass is 346 g/mol. The number of rotatable bonds is 3. The number of amidine groups is 1. The van der Waals surface area contributed by atoms with Crippen LogP contribution in [0.25, 0.3) is 0 Å². The highest BCUT2D eigenvalue weighted by atomic mass is 32.2. The highest BCUT2D eigenvalue weighted by Crippen LogP contribution is 2.30. The number of nitrogens with two attached hydrogens (primary N) is 2. The van der Waals surface area contributed by atoms with Crippen LogP contribution >= 0.6 is 0 Å². The Morgan fingerprint density at radius 2 is 1.83 bits per heavy atom. The lowest BCUT2D eigenvalue weighted by Gasteiger charge is -2.38. The first kappa shape index (κ1) is 15.2. The lowest BCUT2D eigenvalue weighted by molar-refractivity contribution is 0.465. The van der Waals surface area contributed by atoms with Crippen LogP contribution < -0.4 is 21.5 Å². The molecule has 9 heteroatoms. The summed E-state index contributed by atoms with van der Waals surface area (Å²) in [4.78, 5) is 7.87. The second-order valence-electron chi connectivity index (χ2n) is 6.10. The largest absolute Gasteiger partial charge is 0.357 e. The summed E-state index contributed by atoms with van der Waals surface area (Å²) in [6, 6.07) is 8.35. The number of nitrogens with one attached hydrogen (secondary N) is 3. The van der Waals surface area contributed by atoms with Crippen molar-refractivity contribution in [3.63, 3.8) is 0 Å². The first-order chi connectivity index (χ1) is 11.4. The van der Waals surface area contributed by atoms with Gasteiger partial charge in [-0.25, -0.2) is 13.6 Å². The van der Waals surface area contributed by atoms with Gasteiger partial charge in [-0.2, -0.15) is 0 Å². The number of hydrogen-bond donors (Lipinski definition) is 5. The minimum Gasteiger partial charge on any atom is -0.357 e. The lowest BCUT2D eigenvalue weighted by Crippen LogP contribution is -2.61. The number of anilines is 1. The molecule has 8 nitrogen and oxygen atoms in total. The van der Waals surface area contributed by atoms with Gasteiger partial charge >= 0.3 is 0 Å². The van der Waals surface area contributed by atoms with Gasteiger partial charge in [-0.15, -0.1) is 0 Å². The summed E-state index contributed by atoms with van der Waals surface area (Å²) in [6.45, 7) is 0. The molecule has 24 heavy (non-hydrogen) atoms. The summed E-state index contributed by atoms with van der Waals surface area (Å²) in [5.74, 6) is -0.394. The van der Waals surface area contributed by atoms with Crippen LogP contribution in [0.1, 0.15) is 24.1 Å². The average Bonchev–Trinajstić information content (AvgIpc) is 3.21. The number of H-pyrrole nitrogens is 1. The highest BCUT2D eigenvalue weighted by molar-refractivity contribution is 7.89. The van der Waals surface area contributed by atoms with Crippen molar-refractivity contribution < 1.29 is 8.42 Å². The predicted molar refractivity (Wildman–Crippen MR) is 90.8 cm³/mol. The fourth-order valence-electron chi connectivity index (χ4n) is 2.70. The summed E-state index contributed by atoms with van der Waals surface area (Å²) >= 11 is 0. The topological polar surface area (TPSA) is 138 Å². The Kier molecular flexibility index (Phi) is 3.21. The molecular weight excluding hydrogens is 328 g/mol. The molecule has 1 fully saturated rings. The van der Waals surface area contributed by atoms with Crippen LogP contribution in [0.5, 0.6) is 0 Å². The summed E-state index contributed by atoms with van der Waals surface area (Å²) in [6.07, 6.45) is 3.97. The molecule has 1 aliphatic heterocycles. The van der Waals surface area contributed by atoms with E-state index >= 15 is 0 Å². The van der Waals surface area contributed by atoms with Crippen molar-refractivity contribution in [1.29, 1.82) is 0 Å². The third-order valence-corrected chi connectivity index (χ3v) is 5.06.